The number of carbonyl (C=O) groups excluding carboxylic acids is 2. The predicted molar refractivity (Wildman–Crippen MR) is 81.1 cm³/mol. The molecule has 3 heterocycles. The van der Waals surface area contributed by atoms with E-state index < -0.39 is 12.3 Å². The average Bonchev–Trinajstić information content (AvgIpc) is 3.10. The molecule has 0 saturated carbocycles. The second-order valence-electron chi connectivity index (χ2n) is 5.77. The molecular formula is C16H21N3O4. The van der Waals surface area contributed by atoms with Gasteiger partial charge in [0, 0.05) is 37.5 Å². The normalized spacial score (nSPS) is 24.4. The number of likely N-dealkylation sites (tertiary alicyclic amines) is 1. The minimum absolute atomic E-state index is 0.154. The van der Waals surface area contributed by atoms with Gasteiger partial charge in [-0.15, -0.1) is 0 Å². The Morgan fingerprint density at radius 3 is 2.78 bits per heavy atom. The van der Waals surface area contributed by atoms with Crippen LogP contribution in [-0.2, 0) is 14.4 Å². The Morgan fingerprint density at radius 2 is 2.04 bits per heavy atom. The van der Waals surface area contributed by atoms with Crippen LogP contribution in [-0.4, -0.2) is 47.2 Å². The fourth-order valence-electron chi connectivity index (χ4n) is 2.94. The second kappa shape index (κ2) is 7.52. The van der Waals surface area contributed by atoms with Gasteiger partial charge in [-0.3, -0.25) is 14.6 Å². The van der Waals surface area contributed by atoms with E-state index in [1.807, 2.05) is 0 Å². The summed E-state index contributed by atoms with van der Waals surface area (Å²) in [6.07, 6.45) is 7.00. The van der Waals surface area contributed by atoms with Crippen LogP contribution in [0.2, 0.25) is 0 Å². The maximum atomic E-state index is 12.5. The summed E-state index contributed by atoms with van der Waals surface area (Å²) in [5, 5.41) is 0. The lowest BCUT2D eigenvalue weighted by molar-refractivity contribution is -0.201. The minimum atomic E-state index is -0.501. The largest absolute Gasteiger partial charge is 0.350 e. The van der Waals surface area contributed by atoms with Crippen LogP contribution in [0.1, 0.15) is 42.5 Å². The highest BCUT2D eigenvalue weighted by molar-refractivity contribution is 5.97. The maximum absolute atomic E-state index is 12.5. The molecule has 7 heteroatoms. The molecular weight excluding hydrogens is 298 g/mol. The van der Waals surface area contributed by atoms with E-state index in [1.165, 1.54) is 0 Å². The Hall–Kier alpha value is -1.99. The van der Waals surface area contributed by atoms with Gasteiger partial charge in [-0.2, -0.15) is 0 Å². The Balaban J connectivity index is 1.57. The molecule has 7 nitrogen and oxygen atoms in total. The molecule has 3 rings (SSSR count). The van der Waals surface area contributed by atoms with Crippen LogP contribution in [0, 0.1) is 0 Å². The summed E-state index contributed by atoms with van der Waals surface area (Å²) < 4.78 is 5.41. The summed E-state index contributed by atoms with van der Waals surface area (Å²) in [4.78, 5) is 35.7. The van der Waals surface area contributed by atoms with Gasteiger partial charge < -0.3 is 9.64 Å². The molecule has 1 aromatic rings. The molecule has 2 saturated heterocycles. The van der Waals surface area contributed by atoms with Crippen molar-refractivity contribution in [2.75, 3.05) is 13.2 Å². The average molecular weight is 319 g/mol. The molecule has 124 valence electrons. The molecule has 2 amide bonds. The van der Waals surface area contributed by atoms with E-state index in [2.05, 4.69) is 10.5 Å². The standard InChI is InChI=1S/C16H21N3O4/c20-15(18-23-14-5-1-2-11-22-14)13-4-3-10-19(13)16(21)12-6-8-17-9-7-12/h6-9,13-14H,1-5,10-11H2,(H,18,20). The van der Waals surface area contributed by atoms with E-state index in [9.17, 15) is 9.59 Å². The third kappa shape index (κ3) is 3.86. The third-order valence-corrected chi connectivity index (χ3v) is 4.17. The lowest BCUT2D eigenvalue weighted by atomic mass is 10.2. The van der Waals surface area contributed by atoms with Crippen LogP contribution in [0.25, 0.3) is 0 Å². The van der Waals surface area contributed by atoms with Crippen molar-refractivity contribution in [3.8, 4) is 0 Å². The number of aromatic nitrogens is 1. The van der Waals surface area contributed by atoms with Crippen LogP contribution in [0.15, 0.2) is 24.5 Å². The van der Waals surface area contributed by atoms with Gasteiger partial charge in [-0.05, 0) is 37.8 Å². The zero-order valence-corrected chi connectivity index (χ0v) is 12.9. The fraction of sp³-hybridized carbons (Fsp3) is 0.562. The van der Waals surface area contributed by atoms with Gasteiger partial charge in [-0.1, -0.05) is 0 Å². The Kier molecular flexibility index (Phi) is 5.19. The number of amides is 2. The molecule has 0 bridgehead atoms. The highest BCUT2D eigenvalue weighted by Gasteiger charge is 2.35. The van der Waals surface area contributed by atoms with E-state index in [1.54, 1.807) is 29.4 Å². The third-order valence-electron chi connectivity index (χ3n) is 4.17. The van der Waals surface area contributed by atoms with E-state index in [0.717, 1.165) is 25.7 Å². The van der Waals surface area contributed by atoms with Crippen LogP contribution in [0.4, 0.5) is 0 Å². The summed E-state index contributed by atoms with van der Waals surface area (Å²) in [5.74, 6) is -0.446. The highest BCUT2D eigenvalue weighted by Crippen LogP contribution is 2.20. The number of rotatable bonds is 4. The minimum Gasteiger partial charge on any atom is -0.350 e. The van der Waals surface area contributed by atoms with Crippen molar-refractivity contribution in [3.63, 3.8) is 0 Å². The van der Waals surface area contributed by atoms with Gasteiger partial charge in [0.15, 0.2) is 6.29 Å². The summed E-state index contributed by atoms with van der Waals surface area (Å²) >= 11 is 0. The SMILES string of the molecule is O=C(NOC1CCCCO1)C1CCCN1C(=O)c1ccncc1. The Bertz CT molecular complexity index is 546. The number of hydrogen-bond acceptors (Lipinski definition) is 5. The zero-order chi connectivity index (χ0) is 16.1. The number of hydrogen-bond donors (Lipinski definition) is 1. The van der Waals surface area contributed by atoms with E-state index in [4.69, 9.17) is 9.57 Å². The molecule has 2 unspecified atom stereocenters. The van der Waals surface area contributed by atoms with Gasteiger partial charge in [0.1, 0.15) is 6.04 Å². The van der Waals surface area contributed by atoms with Gasteiger partial charge in [0.2, 0.25) is 0 Å². The molecule has 0 aliphatic carbocycles. The molecule has 0 radical (unpaired) electrons. The van der Waals surface area contributed by atoms with Gasteiger partial charge in [0.05, 0.1) is 0 Å². The molecule has 0 aromatic carbocycles. The lowest BCUT2D eigenvalue weighted by Gasteiger charge is -2.26. The molecule has 2 aliphatic rings. The predicted octanol–water partition coefficient (Wildman–Crippen LogP) is 1.26. The van der Waals surface area contributed by atoms with E-state index in [-0.39, 0.29) is 11.8 Å². The van der Waals surface area contributed by atoms with E-state index >= 15 is 0 Å². The van der Waals surface area contributed by atoms with Crippen molar-refractivity contribution in [1.82, 2.24) is 15.4 Å². The quantitative estimate of drug-likeness (QED) is 0.845. The Morgan fingerprint density at radius 1 is 1.22 bits per heavy atom. The molecule has 2 fully saturated rings. The molecule has 2 atom stereocenters. The summed E-state index contributed by atoms with van der Waals surface area (Å²) in [5.41, 5.74) is 3.00. The van der Waals surface area contributed by atoms with Gasteiger partial charge in [0.25, 0.3) is 11.8 Å². The van der Waals surface area contributed by atoms with Crippen LogP contribution < -0.4 is 5.48 Å². The number of hydroxylamine groups is 1. The van der Waals surface area contributed by atoms with Gasteiger partial charge in [-0.25, -0.2) is 10.3 Å². The number of carbonyl (C=O) groups is 2. The maximum Gasteiger partial charge on any atom is 0.266 e. The topological polar surface area (TPSA) is 80.8 Å². The first-order valence-corrected chi connectivity index (χ1v) is 8.04. The van der Waals surface area contributed by atoms with Crippen molar-refractivity contribution in [1.29, 1.82) is 0 Å². The van der Waals surface area contributed by atoms with Crippen LogP contribution in [0.3, 0.4) is 0 Å². The van der Waals surface area contributed by atoms with Crippen molar-refractivity contribution < 1.29 is 19.2 Å². The fourth-order valence-corrected chi connectivity index (χ4v) is 2.94. The smallest absolute Gasteiger partial charge is 0.266 e. The van der Waals surface area contributed by atoms with Crippen molar-refractivity contribution in [2.45, 2.75) is 44.4 Å². The van der Waals surface area contributed by atoms with Crippen LogP contribution in [0.5, 0.6) is 0 Å². The molecule has 23 heavy (non-hydrogen) atoms. The van der Waals surface area contributed by atoms with Gasteiger partial charge >= 0.3 is 0 Å². The first-order valence-electron chi connectivity index (χ1n) is 8.04. The monoisotopic (exact) mass is 319 g/mol. The number of nitrogens with zero attached hydrogens (tertiary/aromatic N) is 2. The zero-order valence-electron chi connectivity index (χ0n) is 12.9. The molecule has 2 aliphatic heterocycles. The van der Waals surface area contributed by atoms with E-state index in [0.29, 0.717) is 25.1 Å². The van der Waals surface area contributed by atoms with Crippen LogP contribution >= 0.6 is 0 Å². The summed E-state index contributed by atoms with van der Waals surface area (Å²) in [6, 6.07) is 2.81. The Labute approximate surface area is 134 Å². The lowest BCUT2D eigenvalue weighted by Crippen LogP contribution is -2.47. The number of nitrogens with one attached hydrogen (secondary N) is 1. The van der Waals surface area contributed by atoms with Crippen molar-refractivity contribution in [3.05, 3.63) is 30.1 Å². The highest BCUT2D eigenvalue weighted by atomic mass is 16.8. The molecule has 1 aromatic heterocycles. The first-order chi connectivity index (χ1) is 11.3. The number of pyridine rings is 1. The summed E-state index contributed by atoms with van der Waals surface area (Å²) in [7, 11) is 0. The number of ether oxygens (including phenoxy) is 1. The summed E-state index contributed by atoms with van der Waals surface area (Å²) in [6.45, 7) is 1.22. The first kappa shape index (κ1) is 15.9. The van der Waals surface area contributed by atoms with Crippen molar-refractivity contribution >= 4 is 11.8 Å². The second-order valence-corrected chi connectivity index (χ2v) is 5.77. The van der Waals surface area contributed by atoms with Crippen molar-refractivity contribution in [2.24, 2.45) is 0 Å². The molecule has 1 N–H and O–H groups in total. The molecule has 0 spiro atoms.